The Morgan fingerprint density at radius 1 is 1.10 bits per heavy atom. The van der Waals surface area contributed by atoms with Crippen molar-refractivity contribution >= 4 is 5.97 Å². The monoisotopic (exact) mass is 282 g/mol. The summed E-state index contributed by atoms with van der Waals surface area (Å²) in [4.78, 5) is 23.7. The summed E-state index contributed by atoms with van der Waals surface area (Å²) in [6, 6.07) is 0. The molecule has 0 unspecified atom stereocenters. The van der Waals surface area contributed by atoms with Crippen LogP contribution in [0.4, 0.5) is 0 Å². The fourth-order valence-electron chi connectivity index (χ4n) is 4.76. The first kappa shape index (κ1) is 13.0. The highest BCUT2D eigenvalue weighted by Gasteiger charge is 2.69. The Bertz CT molecular complexity index is 452. The fraction of sp³-hybridized carbons (Fsp3) is 0.933. The van der Waals surface area contributed by atoms with E-state index in [1.807, 2.05) is 13.8 Å². The van der Waals surface area contributed by atoms with Crippen LogP contribution in [-0.2, 0) is 24.0 Å². The van der Waals surface area contributed by atoms with Crippen molar-refractivity contribution in [1.82, 2.24) is 0 Å². The van der Waals surface area contributed by atoms with Crippen molar-refractivity contribution in [3.63, 3.8) is 0 Å². The number of rotatable bonds is 0. The second kappa shape index (κ2) is 3.96. The Morgan fingerprint density at radius 2 is 1.90 bits per heavy atom. The summed E-state index contributed by atoms with van der Waals surface area (Å²) in [6.07, 6.45) is 3.24. The molecule has 5 fully saturated rings. The van der Waals surface area contributed by atoms with Gasteiger partial charge in [-0.15, -0.1) is 0 Å². The van der Waals surface area contributed by atoms with Gasteiger partial charge in [-0.05, 0) is 32.1 Å². The van der Waals surface area contributed by atoms with E-state index in [1.165, 1.54) is 0 Å². The summed E-state index contributed by atoms with van der Waals surface area (Å²) in [5, 5.41) is 0. The van der Waals surface area contributed by atoms with Crippen LogP contribution in [0.1, 0.15) is 46.5 Å². The van der Waals surface area contributed by atoms with Crippen molar-refractivity contribution in [2.75, 3.05) is 0 Å². The van der Waals surface area contributed by atoms with Crippen molar-refractivity contribution in [3.8, 4) is 0 Å². The van der Waals surface area contributed by atoms with Gasteiger partial charge in [0.05, 0.1) is 5.92 Å². The predicted octanol–water partition coefficient (Wildman–Crippen LogP) is 2.39. The third-order valence-electron chi connectivity index (χ3n) is 5.97. The number of carbonyl (C=O) groups excluding carboxylic acids is 1. The van der Waals surface area contributed by atoms with E-state index in [0.717, 1.165) is 25.7 Å². The minimum Gasteiger partial charge on any atom is -0.432 e. The van der Waals surface area contributed by atoms with Gasteiger partial charge in [0.1, 0.15) is 0 Å². The van der Waals surface area contributed by atoms with Gasteiger partial charge < -0.3 is 9.47 Å². The van der Waals surface area contributed by atoms with Gasteiger partial charge in [-0.3, -0.25) is 4.79 Å². The van der Waals surface area contributed by atoms with Crippen LogP contribution in [0.25, 0.3) is 0 Å². The fourth-order valence-corrected chi connectivity index (χ4v) is 4.76. The molecule has 5 rings (SSSR count). The molecule has 0 aromatic rings. The van der Waals surface area contributed by atoms with Crippen molar-refractivity contribution in [1.29, 1.82) is 0 Å². The van der Waals surface area contributed by atoms with Crippen LogP contribution in [0.15, 0.2) is 0 Å². The number of carbonyl (C=O) groups is 1. The minimum absolute atomic E-state index is 0.123. The van der Waals surface area contributed by atoms with E-state index in [-0.39, 0.29) is 17.8 Å². The lowest BCUT2D eigenvalue weighted by Crippen LogP contribution is -2.69. The van der Waals surface area contributed by atoms with Crippen LogP contribution in [0, 0.1) is 23.7 Å². The van der Waals surface area contributed by atoms with Gasteiger partial charge in [0.15, 0.2) is 5.60 Å². The Morgan fingerprint density at radius 3 is 2.70 bits per heavy atom. The molecule has 112 valence electrons. The molecule has 4 aliphatic heterocycles. The predicted molar refractivity (Wildman–Crippen MR) is 68.0 cm³/mol. The quantitative estimate of drug-likeness (QED) is 0.504. The average Bonchev–Trinajstić information content (AvgIpc) is 2.63. The molecule has 5 heteroatoms. The largest absolute Gasteiger partial charge is 0.432 e. The normalized spacial score (nSPS) is 57.8. The maximum absolute atomic E-state index is 12.1. The van der Waals surface area contributed by atoms with Crippen LogP contribution >= 0.6 is 0 Å². The van der Waals surface area contributed by atoms with Crippen LogP contribution in [-0.4, -0.2) is 23.6 Å². The summed E-state index contributed by atoms with van der Waals surface area (Å²) >= 11 is 0. The van der Waals surface area contributed by atoms with Gasteiger partial charge in [-0.1, -0.05) is 13.8 Å². The van der Waals surface area contributed by atoms with Crippen molar-refractivity contribution in [2.24, 2.45) is 23.7 Å². The molecule has 0 aromatic heterocycles. The van der Waals surface area contributed by atoms with Crippen LogP contribution < -0.4 is 0 Å². The topological polar surface area (TPSA) is 54.0 Å². The molecule has 5 aliphatic rings. The van der Waals surface area contributed by atoms with Gasteiger partial charge in [0.25, 0.3) is 0 Å². The highest BCUT2D eigenvalue weighted by Crippen LogP contribution is 2.59. The maximum atomic E-state index is 12.1. The van der Waals surface area contributed by atoms with Gasteiger partial charge in [-0.2, -0.15) is 0 Å². The molecular weight excluding hydrogens is 260 g/mol. The molecule has 1 saturated carbocycles. The molecule has 0 aromatic carbocycles. The molecule has 4 saturated heterocycles. The minimum atomic E-state index is -0.793. The lowest BCUT2D eigenvalue weighted by molar-refractivity contribution is -0.559. The average molecular weight is 282 g/mol. The first-order valence-electron chi connectivity index (χ1n) is 7.71. The van der Waals surface area contributed by atoms with Crippen molar-refractivity contribution in [2.45, 2.75) is 64.1 Å². The molecule has 4 heterocycles. The first-order chi connectivity index (χ1) is 9.46. The Labute approximate surface area is 118 Å². The summed E-state index contributed by atoms with van der Waals surface area (Å²) in [6.45, 7) is 6.06. The van der Waals surface area contributed by atoms with Gasteiger partial charge in [0.2, 0.25) is 12.1 Å². The van der Waals surface area contributed by atoms with E-state index >= 15 is 0 Å². The molecule has 0 amide bonds. The zero-order valence-corrected chi connectivity index (χ0v) is 12.3. The van der Waals surface area contributed by atoms with Crippen LogP contribution in [0.5, 0.6) is 0 Å². The molecule has 0 N–H and O–H groups in total. The highest BCUT2D eigenvalue weighted by atomic mass is 17.3. The zero-order chi connectivity index (χ0) is 14.1. The summed E-state index contributed by atoms with van der Waals surface area (Å²) in [7, 11) is 0. The van der Waals surface area contributed by atoms with E-state index in [0.29, 0.717) is 11.8 Å². The number of hydrogen-bond donors (Lipinski definition) is 0. The van der Waals surface area contributed by atoms with Crippen LogP contribution in [0.3, 0.4) is 0 Å². The van der Waals surface area contributed by atoms with E-state index in [2.05, 4.69) is 6.92 Å². The molecular formula is C15H22O5. The number of fused-ring (bicyclic) bond motifs is 2. The summed E-state index contributed by atoms with van der Waals surface area (Å²) in [5.74, 6) is -0.137. The van der Waals surface area contributed by atoms with Gasteiger partial charge in [0, 0.05) is 18.3 Å². The van der Waals surface area contributed by atoms with E-state index in [1.54, 1.807) is 0 Å². The SMILES string of the molecule is C[C@@H]1CC[C@H]2[C@@H](C)C(=O)O[C@@H]3O[C@]4(C)CC[C@H]1[C@]32OO4. The molecule has 1 aliphatic carbocycles. The van der Waals surface area contributed by atoms with E-state index in [4.69, 9.17) is 19.2 Å². The van der Waals surface area contributed by atoms with Crippen LogP contribution in [0.2, 0.25) is 0 Å². The van der Waals surface area contributed by atoms with E-state index in [9.17, 15) is 4.79 Å². The lowest BCUT2D eigenvalue weighted by atomic mass is 9.58. The molecule has 7 atom stereocenters. The number of esters is 1. The molecule has 2 bridgehead atoms. The highest BCUT2D eigenvalue weighted by molar-refractivity contribution is 5.74. The first-order valence-corrected chi connectivity index (χ1v) is 7.71. The molecule has 0 radical (unpaired) electrons. The zero-order valence-electron chi connectivity index (χ0n) is 12.3. The lowest BCUT2D eigenvalue weighted by Gasteiger charge is -2.57. The number of ether oxygens (including phenoxy) is 2. The standard InChI is InChI=1S/C15H22O5/c1-8-4-5-11-9(2)12(16)17-13-15(11)10(8)6-7-14(3,18-13)19-20-15/h8-11,13H,4-7H2,1-3H3/t8-,9-,10-,11+,13-,14+,15-/m1/s1. The summed E-state index contributed by atoms with van der Waals surface area (Å²) in [5.41, 5.74) is -0.610. The maximum Gasteiger partial charge on any atom is 0.311 e. The van der Waals surface area contributed by atoms with Gasteiger partial charge in [-0.25, -0.2) is 9.78 Å². The Kier molecular flexibility index (Phi) is 2.58. The summed E-state index contributed by atoms with van der Waals surface area (Å²) < 4.78 is 11.6. The Hall–Kier alpha value is -0.650. The van der Waals surface area contributed by atoms with Gasteiger partial charge >= 0.3 is 5.97 Å². The third kappa shape index (κ3) is 1.46. The molecule has 5 nitrogen and oxygen atoms in total. The Balaban J connectivity index is 1.84. The third-order valence-corrected chi connectivity index (χ3v) is 5.97. The smallest absolute Gasteiger partial charge is 0.311 e. The second-order valence-electron chi connectivity index (χ2n) is 7.14. The number of hydrogen-bond acceptors (Lipinski definition) is 5. The molecule has 1 spiro atoms. The van der Waals surface area contributed by atoms with Crippen molar-refractivity contribution < 1.29 is 24.0 Å². The van der Waals surface area contributed by atoms with Crippen molar-refractivity contribution in [3.05, 3.63) is 0 Å². The molecule has 20 heavy (non-hydrogen) atoms. The second-order valence-corrected chi connectivity index (χ2v) is 7.14. The van der Waals surface area contributed by atoms with E-state index < -0.39 is 17.7 Å².